The van der Waals surface area contributed by atoms with E-state index < -0.39 is 23.9 Å². The molecular formula is C37H43N3O6. The van der Waals surface area contributed by atoms with Crippen molar-refractivity contribution in [3.05, 3.63) is 101 Å². The number of likely N-dealkylation sites (tertiary alicyclic amines) is 2. The van der Waals surface area contributed by atoms with Gasteiger partial charge in [-0.05, 0) is 86.1 Å². The van der Waals surface area contributed by atoms with Crippen LogP contribution < -0.4 is 0 Å². The van der Waals surface area contributed by atoms with Crippen LogP contribution in [0, 0.1) is 17.8 Å². The molecule has 2 aliphatic heterocycles. The van der Waals surface area contributed by atoms with E-state index in [0.717, 1.165) is 49.3 Å². The van der Waals surface area contributed by atoms with Crippen molar-refractivity contribution in [3.63, 3.8) is 0 Å². The smallest absolute Gasteiger partial charge is 0.234 e. The molecule has 1 aromatic carbocycles. The molecule has 4 atom stereocenters. The van der Waals surface area contributed by atoms with Crippen molar-refractivity contribution in [1.29, 1.82) is 0 Å². The fourth-order valence-electron chi connectivity index (χ4n) is 7.68. The highest BCUT2D eigenvalue weighted by Gasteiger charge is 2.56. The van der Waals surface area contributed by atoms with E-state index in [2.05, 4.69) is 22.0 Å². The number of benzene rings is 1. The number of furan rings is 1. The zero-order valence-electron chi connectivity index (χ0n) is 26.3. The number of carbonyl (C=O) groups excluding carboxylic acids is 2. The first kappa shape index (κ1) is 32.1. The van der Waals surface area contributed by atoms with Crippen molar-refractivity contribution < 1.29 is 29.3 Å². The second-order valence-corrected chi connectivity index (χ2v) is 12.8. The van der Waals surface area contributed by atoms with Gasteiger partial charge in [-0.15, -0.1) is 0 Å². The predicted molar refractivity (Wildman–Crippen MR) is 173 cm³/mol. The molecule has 3 N–H and O–H groups in total. The van der Waals surface area contributed by atoms with Gasteiger partial charge in [-0.2, -0.15) is 0 Å². The largest absolute Gasteiger partial charge is 0.459 e. The van der Waals surface area contributed by atoms with Gasteiger partial charge in [-0.3, -0.25) is 24.4 Å². The van der Waals surface area contributed by atoms with E-state index in [1.807, 2.05) is 49.4 Å². The van der Waals surface area contributed by atoms with Gasteiger partial charge in [-0.1, -0.05) is 42.0 Å². The van der Waals surface area contributed by atoms with Gasteiger partial charge in [0, 0.05) is 37.8 Å². The van der Waals surface area contributed by atoms with Gasteiger partial charge in [0.05, 0.1) is 30.2 Å². The van der Waals surface area contributed by atoms with Crippen LogP contribution in [-0.2, 0) is 22.7 Å². The maximum Gasteiger partial charge on any atom is 0.234 e. The predicted octanol–water partition coefficient (Wildman–Crippen LogP) is 4.44. The molecule has 0 unspecified atom stereocenters. The van der Waals surface area contributed by atoms with Crippen LogP contribution in [0.15, 0.2) is 82.4 Å². The summed E-state index contributed by atoms with van der Waals surface area (Å²) < 4.78 is 5.69. The summed E-state index contributed by atoms with van der Waals surface area (Å²) >= 11 is 0. The van der Waals surface area contributed by atoms with E-state index in [9.17, 15) is 24.9 Å². The van der Waals surface area contributed by atoms with Crippen molar-refractivity contribution in [3.8, 4) is 0 Å². The van der Waals surface area contributed by atoms with Crippen LogP contribution in [0.1, 0.15) is 61.8 Å². The van der Waals surface area contributed by atoms with Crippen molar-refractivity contribution in [1.82, 2.24) is 14.8 Å². The fourth-order valence-corrected chi connectivity index (χ4v) is 7.68. The molecule has 0 radical (unpaired) electrons. The molecule has 4 heterocycles. The van der Waals surface area contributed by atoms with E-state index in [1.165, 1.54) is 10.5 Å². The number of aliphatic hydroxyl groups is 3. The third-order valence-electron chi connectivity index (χ3n) is 9.93. The normalized spacial score (nSPS) is 23.7. The Balaban J connectivity index is 1.15. The number of hydrogen-bond donors (Lipinski definition) is 3. The Labute approximate surface area is 269 Å². The Morgan fingerprint density at radius 1 is 1.02 bits per heavy atom. The van der Waals surface area contributed by atoms with E-state index in [-0.39, 0.29) is 31.1 Å². The Hall–Kier alpha value is -3.89. The van der Waals surface area contributed by atoms with Crippen molar-refractivity contribution in [2.75, 3.05) is 19.7 Å². The van der Waals surface area contributed by atoms with Crippen molar-refractivity contribution in [2.45, 2.75) is 64.3 Å². The minimum Gasteiger partial charge on any atom is -0.459 e. The number of pyridine rings is 1. The number of rotatable bonds is 11. The quantitative estimate of drug-likeness (QED) is 0.211. The van der Waals surface area contributed by atoms with Gasteiger partial charge in [0.2, 0.25) is 11.8 Å². The van der Waals surface area contributed by atoms with Gasteiger partial charge in [0.15, 0.2) is 0 Å². The highest BCUT2D eigenvalue weighted by atomic mass is 16.4. The summed E-state index contributed by atoms with van der Waals surface area (Å²) in [5.41, 5.74) is 4.38. The van der Waals surface area contributed by atoms with Crippen LogP contribution in [0.2, 0.25) is 0 Å². The zero-order chi connectivity index (χ0) is 32.2. The molecule has 6 rings (SSSR count). The lowest BCUT2D eigenvalue weighted by molar-refractivity contribution is -0.144. The van der Waals surface area contributed by atoms with E-state index >= 15 is 0 Å². The second kappa shape index (κ2) is 14.3. The van der Waals surface area contributed by atoms with E-state index in [1.54, 1.807) is 18.3 Å². The molecule has 2 fully saturated rings. The number of amides is 2. The molecule has 0 bridgehead atoms. The van der Waals surface area contributed by atoms with Crippen LogP contribution in [0.3, 0.4) is 0 Å². The first-order valence-corrected chi connectivity index (χ1v) is 16.3. The molecule has 9 nitrogen and oxygen atoms in total. The van der Waals surface area contributed by atoms with Crippen molar-refractivity contribution >= 4 is 23.5 Å². The number of aliphatic hydroxyl groups excluding tert-OH is 3. The topological polar surface area (TPSA) is 127 Å². The lowest BCUT2D eigenvalue weighted by atomic mass is 9.68. The highest BCUT2D eigenvalue weighted by molar-refractivity contribution is 6.06. The fraction of sp³-hybridized carbons (Fsp3) is 0.432. The minimum atomic E-state index is -0.909. The average Bonchev–Trinajstić information content (AvgIpc) is 3.64. The molecule has 242 valence electrons. The standard InChI is InChI=1S/C37H43N3O6/c1-24-19-30-35(37(45)40(36(30)44)27-14-17-39(18-15-27)21-25-7-3-2-4-8-25)31(23-42)34(24)33(43)13-10-26(32-9-5-6-16-38-32)20-28-11-12-29(22-41)46-28/h2-9,11-12,16,20,27,30-31,33,35,41-43H,10,13-15,17-19,21-23H2,1H3/b26-20-/t30-,31+,33-,35-/m1/s1. The molecule has 2 aromatic heterocycles. The summed E-state index contributed by atoms with van der Waals surface area (Å²) in [6, 6.07) is 19.3. The molecule has 2 saturated heterocycles. The van der Waals surface area contributed by atoms with Crippen LogP contribution in [0.5, 0.6) is 0 Å². The average molecular weight is 626 g/mol. The van der Waals surface area contributed by atoms with Gasteiger partial charge in [0.25, 0.3) is 0 Å². The zero-order valence-corrected chi connectivity index (χ0v) is 26.3. The molecule has 9 heteroatoms. The van der Waals surface area contributed by atoms with Gasteiger partial charge in [0.1, 0.15) is 18.1 Å². The number of imide groups is 1. The number of carbonyl (C=O) groups is 2. The monoisotopic (exact) mass is 625 g/mol. The molecule has 3 aromatic rings. The number of fused-ring (bicyclic) bond motifs is 1. The highest BCUT2D eigenvalue weighted by Crippen LogP contribution is 2.47. The van der Waals surface area contributed by atoms with Crippen LogP contribution in [0.25, 0.3) is 11.6 Å². The number of allylic oxidation sites excluding steroid dienone is 2. The summed E-state index contributed by atoms with van der Waals surface area (Å²) in [5.74, 6) is -1.11. The third kappa shape index (κ3) is 6.64. The first-order chi connectivity index (χ1) is 22.4. The summed E-state index contributed by atoms with van der Waals surface area (Å²) in [6.45, 7) is 3.86. The summed E-state index contributed by atoms with van der Waals surface area (Å²) in [4.78, 5) is 36.1. The molecular weight excluding hydrogens is 582 g/mol. The number of hydrogen-bond acceptors (Lipinski definition) is 8. The minimum absolute atomic E-state index is 0.135. The summed E-state index contributed by atoms with van der Waals surface area (Å²) in [5, 5.41) is 31.6. The van der Waals surface area contributed by atoms with Crippen LogP contribution >= 0.6 is 0 Å². The Morgan fingerprint density at radius 3 is 2.46 bits per heavy atom. The van der Waals surface area contributed by atoms with Crippen LogP contribution in [0.4, 0.5) is 0 Å². The lowest BCUT2D eigenvalue weighted by Crippen LogP contribution is -2.47. The Bertz CT molecular complexity index is 1570. The lowest BCUT2D eigenvalue weighted by Gasteiger charge is -2.36. The van der Waals surface area contributed by atoms with E-state index in [0.29, 0.717) is 36.4 Å². The molecule has 3 aliphatic rings. The summed E-state index contributed by atoms with van der Waals surface area (Å²) in [7, 11) is 0. The van der Waals surface area contributed by atoms with Crippen molar-refractivity contribution in [2.24, 2.45) is 17.8 Å². The maximum absolute atomic E-state index is 14.0. The van der Waals surface area contributed by atoms with Gasteiger partial charge < -0.3 is 19.7 Å². The van der Waals surface area contributed by atoms with Crippen LogP contribution in [-0.4, -0.2) is 73.8 Å². The number of piperidine rings is 1. The Morgan fingerprint density at radius 2 is 1.78 bits per heavy atom. The molecule has 0 saturated carbocycles. The number of aromatic nitrogens is 1. The second-order valence-electron chi connectivity index (χ2n) is 12.8. The SMILES string of the molecule is CC1=C([C@H](O)CC/C(=C/c2ccc(CO)o2)c2ccccn2)[C@H](CO)[C@@H]2C(=O)N(C3CCN(Cc4ccccc4)CC3)C(=O)[C@@H]2C1. The summed E-state index contributed by atoms with van der Waals surface area (Å²) in [6.07, 6.45) is 5.31. The maximum atomic E-state index is 14.0. The van der Waals surface area contributed by atoms with E-state index in [4.69, 9.17) is 4.42 Å². The van der Waals surface area contributed by atoms with Gasteiger partial charge in [-0.25, -0.2) is 0 Å². The van der Waals surface area contributed by atoms with Gasteiger partial charge >= 0.3 is 0 Å². The Kier molecular flexibility index (Phi) is 9.94. The molecule has 0 spiro atoms. The first-order valence-electron chi connectivity index (χ1n) is 16.3. The molecule has 2 amide bonds. The number of nitrogens with zero attached hydrogens (tertiary/aromatic N) is 3. The molecule has 1 aliphatic carbocycles. The molecule has 46 heavy (non-hydrogen) atoms. The third-order valence-corrected chi connectivity index (χ3v) is 9.93.